The molecule has 0 fully saturated rings. The average molecular weight is 264 g/mol. The van der Waals surface area contributed by atoms with Gasteiger partial charge >= 0.3 is 0 Å². The third-order valence-corrected chi connectivity index (χ3v) is 2.87. The van der Waals surface area contributed by atoms with Gasteiger partial charge in [0.25, 0.3) is 0 Å². The Morgan fingerprint density at radius 1 is 1.00 bits per heavy atom. The number of fused-ring (bicyclic) bond motifs is 2. The molecule has 2 N–H and O–H groups in total. The van der Waals surface area contributed by atoms with Crippen molar-refractivity contribution in [1.82, 2.24) is 34.5 Å². The zero-order valence-corrected chi connectivity index (χ0v) is 10.2. The molecule has 0 radical (unpaired) electrons. The summed E-state index contributed by atoms with van der Waals surface area (Å²) >= 11 is 0. The fourth-order valence-electron chi connectivity index (χ4n) is 2.03. The van der Waals surface area contributed by atoms with Crippen molar-refractivity contribution in [3.63, 3.8) is 0 Å². The average Bonchev–Trinajstić information content (AvgIpc) is 2.86. The molecule has 8 nitrogen and oxygen atoms in total. The Morgan fingerprint density at radius 3 is 2.85 bits per heavy atom. The van der Waals surface area contributed by atoms with Gasteiger partial charge in [-0.3, -0.25) is 9.97 Å². The van der Waals surface area contributed by atoms with Crippen LogP contribution in [0.4, 0.5) is 5.95 Å². The number of hydrogen-bond acceptors (Lipinski definition) is 7. The lowest BCUT2D eigenvalue weighted by Gasteiger charge is -2.02. The zero-order chi connectivity index (χ0) is 13.5. The number of pyridine rings is 1. The van der Waals surface area contributed by atoms with Gasteiger partial charge in [-0.2, -0.15) is 4.98 Å². The minimum Gasteiger partial charge on any atom is -0.366 e. The summed E-state index contributed by atoms with van der Waals surface area (Å²) in [5, 5.41) is 4.06. The molecule has 20 heavy (non-hydrogen) atoms. The third kappa shape index (κ3) is 1.55. The highest BCUT2D eigenvalue weighted by atomic mass is 15.3. The summed E-state index contributed by atoms with van der Waals surface area (Å²) in [5.74, 6) is 0.202. The highest BCUT2D eigenvalue weighted by Gasteiger charge is 2.11. The monoisotopic (exact) mass is 264 g/mol. The molecule has 0 aliphatic heterocycles. The Kier molecular flexibility index (Phi) is 2.10. The van der Waals surface area contributed by atoms with E-state index < -0.39 is 0 Å². The molecule has 4 aromatic rings. The molecule has 0 amide bonds. The second-order valence-electron chi connectivity index (χ2n) is 4.14. The van der Waals surface area contributed by atoms with E-state index >= 15 is 0 Å². The van der Waals surface area contributed by atoms with Gasteiger partial charge in [-0.15, -0.1) is 5.10 Å². The van der Waals surface area contributed by atoms with Crippen LogP contribution in [0.15, 0.2) is 37.1 Å². The summed E-state index contributed by atoms with van der Waals surface area (Å²) in [5.41, 5.74) is 8.92. The van der Waals surface area contributed by atoms with Crippen LogP contribution in [0.3, 0.4) is 0 Å². The lowest BCUT2D eigenvalue weighted by molar-refractivity contribution is 0.954. The van der Waals surface area contributed by atoms with Gasteiger partial charge in [0.15, 0.2) is 11.3 Å². The number of nitrogens with zero attached hydrogens (tertiary/aromatic N) is 7. The van der Waals surface area contributed by atoms with E-state index in [0.717, 1.165) is 5.56 Å². The first kappa shape index (κ1) is 10.7. The van der Waals surface area contributed by atoms with Crippen molar-refractivity contribution in [2.45, 2.75) is 0 Å². The van der Waals surface area contributed by atoms with E-state index in [1.165, 1.54) is 0 Å². The highest BCUT2D eigenvalue weighted by molar-refractivity contribution is 5.80. The van der Waals surface area contributed by atoms with E-state index in [-0.39, 0.29) is 5.95 Å². The van der Waals surface area contributed by atoms with Crippen LogP contribution in [0.1, 0.15) is 0 Å². The van der Waals surface area contributed by atoms with E-state index in [0.29, 0.717) is 22.5 Å². The van der Waals surface area contributed by atoms with E-state index in [1.54, 1.807) is 35.5 Å². The predicted octanol–water partition coefficient (Wildman–Crippen LogP) is 0.712. The molecule has 0 aliphatic rings. The second kappa shape index (κ2) is 3.92. The van der Waals surface area contributed by atoms with Gasteiger partial charge in [-0.25, -0.2) is 14.5 Å². The summed E-state index contributed by atoms with van der Waals surface area (Å²) in [6.45, 7) is 0. The van der Waals surface area contributed by atoms with Crippen molar-refractivity contribution in [2.24, 2.45) is 0 Å². The lowest BCUT2D eigenvalue weighted by atomic mass is 10.2. The molecule has 0 spiro atoms. The summed E-state index contributed by atoms with van der Waals surface area (Å²) in [6, 6.07) is 1.86. The number of aromatic nitrogens is 7. The first-order valence-electron chi connectivity index (χ1n) is 5.85. The van der Waals surface area contributed by atoms with Gasteiger partial charge in [0, 0.05) is 36.5 Å². The van der Waals surface area contributed by atoms with Crippen LogP contribution in [0.25, 0.3) is 28.1 Å². The maximum atomic E-state index is 5.62. The molecule has 0 atom stereocenters. The molecule has 8 heteroatoms. The molecule has 4 aromatic heterocycles. The predicted molar refractivity (Wildman–Crippen MR) is 71.5 cm³/mol. The number of rotatable bonds is 1. The lowest BCUT2D eigenvalue weighted by Crippen LogP contribution is -1.94. The number of hydrogen-bond donors (Lipinski definition) is 1. The number of nitrogen functional groups attached to an aromatic ring is 1. The molecule has 4 rings (SSSR count). The summed E-state index contributed by atoms with van der Waals surface area (Å²) in [4.78, 5) is 21.1. The minimum absolute atomic E-state index is 0.202. The Morgan fingerprint density at radius 2 is 1.90 bits per heavy atom. The highest BCUT2D eigenvalue weighted by Crippen LogP contribution is 2.22. The van der Waals surface area contributed by atoms with Crippen LogP contribution in [0.5, 0.6) is 0 Å². The first-order chi connectivity index (χ1) is 9.81. The van der Waals surface area contributed by atoms with Crippen molar-refractivity contribution in [1.29, 1.82) is 0 Å². The van der Waals surface area contributed by atoms with Gasteiger partial charge in [0.1, 0.15) is 11.2 Å². The fourth-order valence-corrected chi connectivity index (χ4v) is 2.03. The molecule has 0 unspecified atom stereocenters. The maximum absolute atomic E-state index is 5.62. The van der Waals surface area contributed by atoms with E-state index in [1.807, 2.05) is 6.07 Å². The topological polar surface area (TPSA) is 108 Å². The molecule has 0 saturated heterocycles. The Balaban J connectivity index is 2.00. The molecular formula is C12H8N8. The van der Waals surface area contributed by atoms with E-state index in [2.05, 4.69) is 30.0 Å². The quantitative estimate of drug-likeness (QED) is 0.539. The summed E-state index contributed by atoms with van der Waals surface area (Å²) < 4.78 is 1.58. The fraction of sp³-hybridized carbons (Fsp3) is 0. The van der Waals surface area contributed by atoms with E-state index in [4.69, 9.17) is 5.73 Å². The van der Waals surface area contributed by atoms with Crippen molar-refractivity contribution in [3.05, 3.63) is 37.1 Å². The van der Waals surface area contributed by atoms with Crippen molar-refractivity contribution >= 4 is 22.8 Å². The third-order valence-electron chi connectivity index (χ3n) is 2.87. The van der Waals surface area contributed by atoms with Crippen molar-refractivity contribution < 1.29 is 0 Å². The zero-order valence-electron chi connectivity index (χ0n) is 10.2. The van der Waals surface area contributed by atoms with Crippen LogP contribution in [0.2, 0.25) is 0 Å². The van der Waals surface area contributed by atoms with Gasteiger partial charge in [-0.05, 0) is 6.07 Å². The van der Waals surface area contributed by atoms with Crippen LogP contribution in [0, 0.1) is 0 Å². The standard InChI is InChI=1S/C12H8N8/c13-12-18-11-9(15-3-4-20(11)19-12)7-5-8-10(17-6-7)16-2-1-14-8/h1-6H,(H2,13,19). The van der Waals surface area contributed by atoms with Crippen molar-refractivity contribution in [3.8, 4) is 11.3 Å². The van der Waals surface area contributed by atoms with Crippen LogP contribution in [-0.4, -0.2) is 34.5 Å². The maximum Gasteiger partial charge on any atom is 0.240 e. The molecule has 4 heterocycles. The van der Waals surface area contributed by atoms with Gasteiger partial charge < -0.3 is 5.73 Å². The van der Waals surface area contributed by atoms with Crippen LogP contribution >= 0.6 is 0 Å². The smallest absolute Gasteiger partial charge is 0.240 e. The largest absolute Gasteiger partial charge is 0.366 e. The first-order valence-corrected chi connectivity index (χ1v) is 5.85. The van der Waals surface area contributed by atoms with E-state index in [9.17, 15) is 0 Å². The molecule has 0 aliphatic carbocycles. The number of nitrogens with two attached hydrogens (primary N) is 1. The summed E-state index contributed by atoms with van der Waals surface area (Å²) in [6.07, 6.45) is 8.24. The van der Waals surface area contributed by atoms with Gasteiger partial charge in [0.2, 0.25) is 5.95 Å². The molecule has 0 bridgehead atoms. The molecular weight excluding hydrogens is 256 g/mol. The Bertz CT molecular complexity index is 929. The van der Waals surface area contributed by atoms with Gasteiger partial charge in [-0.1, -0.05) is 0 Å². The SMILES string of the molecule is Nc1nc2c(-c3cnc4nccnc4c3)nccn2n1. The Labute approximate surface area is 112 Å². The normalized spacial score (nSPS) is 11.2. The molecule has 96 valence electrons. The minimum atomic E-state index is 0.202. The Hall–Kier alpha value is -3.16. The van der Waals surface area contributed by atoms with Gasteiger partial charge in [0.05, 0.1) is 0 Å². The van der Waals surface area contributed by atoms with Crippen LogP contribution < -0.4 is 5.73 Å². The van der Waals surface area contributed by atoms with Crippen molar-refractivity contribution in [2.75, 3.05) is 5.73 Å². The molecule has 0 saturated carbocycles. The molecule has 0 aromatic carbocycles. The van der Waals surface area contributed by atoms with Crippen LogP contribution in [-0.2, 0) is 0 Å². The second-order valence-corrected chi connectivity index (χ2v) is 4.14. The summed E-state index contributed by atoms with van der Waals surface area (Å²) in [7, 11) is 0. The number of anilines is 1.